The number of aromatic nitrogens is 2. The normalized spacial score (nSPS) is 19.5. The van der Waals surface area contributed by atoms with Crippen LogP contribution in [0.5, 0.6) is 0 Å². The van der Waals surface area contributed by atoms with Crippen LogP contribution in [0.3, 0.4) is 0 Å². The lowest BCUT2D eigenvalue weighted by atomic mass is 10.1. The van der Waals surface area contributed by atoms with Crippen LogP contribution in [0, 0.1) is 17.7 Å². The van der Waals surface area contributed by atoms with Crippen LogP contribution in [0.2, 0.25) is 0 Å². The first-order valence-electron chi connectivity index (χ1n) is 6.03. The number of nitrogens with one attached hydrogen (secondary N) is 2. The third-order valence-corrected chi connectivity index (χ3v) is 3.44. The van der Waals surface area contributed by atoms with E-state index in [0.717, 1.165) is 6.20 Å². The highest BCUT2D eigenvalue weighted by Crippen LogP contribution is 2.45. The van der Waals surface area contributed by atoms with Crippen molar-refractivity contribution in [2.75, 3.05) is 10.7 Å². The van der Waals surface area contributed by atoms with Gasteiger partial charge in [0.2, 0.25) is 5.95 Å². The molecule has 3 rings (SSSR count). The molecular weight excluding hydrogens is 221 g/mol. The first-order valence-corrected chi connectivity index (χ1v) is 6.03. The zero-order valence-corrected chi connectivity index (χ0v) is 9.49. The molecule has 2 aliphatic rings. The minimum atomic E-state index is -0.421. The van der Waals surface area contributed by atoms with Gasteiger partial charge in [-0.25, -0.2) is 15.2 Å². The quantitative estimate of drug-likeness (QED) is 0.534. The summed E-state index contributed by atoms with van der Waals surface area (Å²) in [5, 5.41) is 3.22. The van der Waals surface area contributed by atoms with Crippen LogP contribution in [0.15, 0.2) is 6.20 Å². The van der Waals surface area contributed by atoms with Gasteiger partial charge in [-0.1, -0.05) is 0 Å². The highest BCUT2D eigenvalue weighted by Gasteiger charge is 2.41. The average molecular weight is 237 g/mol. The molecule has 0 bridgehead atoms. The number of halogens is 1. The highest BCUT2D eigenvalue weighted by molar-refractivity contribution is 5.42. The molecule has 1 aromatic heterocycles. The van der Waals surface area contributed by atoms with E-state index in [4.69, 9.17) is 5.84 Å². The number of nitrogens with two attached hydrogens (primary N) is 1. The Morgan fingerprint density at radius 2 is 1.94 bits per heavy atom. The molecule has 1 heterocycles. The molecule has 92 valence electrons. The fraction of sp³-hybridized carbons (Fsp3) is 0.636. The van der Waals surface area contributed by atoms with Crippen molar-refractivity contribution in [1.82, 2.24) is 9.97 Å². The number of rotatable bonds is 5. The summed E-state index contributed by atoms with van der Waals surface area (Å²) in [4.78, 5) is 7.74. The molecule has 1 aromatic rings. The van der Waals surface area contributed by atoms with Gasteiger partial charge in [-0.15, -0.1) is 0 Å². The maximum absolute atomic E-state index is 13.6. The van der Waals surface area contributed by atoms with Crippen molar-refractivity contribution >= 4 is 11.8 Å². The van der Waals surface area contributed by atoms with Crippen LogP contribution in [0.4, 0.5) is 16.2 Å². The second kappa shape index (κ2) is 4.10. The van der Waals surface area contributed by atoms with Crippen molar-refractivity contribution in [3.63, 3.8) is 0 Å². The van der Waals surface area contributed by atoms with E-state index < -0.39 is 5.82 Å². The number of hydrogen-bond acceptors (Lipinski definition) is 5. The Bertz CT molecular complexity index is 404. The van der Waals surface area contributed by atoms with Crippen molar-refractivity contribution in [1.29, 1.82) is 0 Å². The molecule has 4 N–H and O–H groups in total. The van der Waals surface area contributed by atoms with E-state index in [2.05, 4.69) is 20.7 Å². The van der Waals surface area contributed by atoms with Gasteiger partial charge in [0.15, 0.2) is 11.6 Å². The Labute approximate surface area is 99.0 Å². The average Bonchev–Trinajstić information content (AvgIpc) is 3.19. The summed E-state index contributed by atoms with van der Waals surface area (Å²) >= 11 is 0. The smallest absolute Gasteiger partial charge is 0.239 e. The minimum Gasteiger partial charge on any atom is -0.364 e. The van der Waals surface area contributed by atoms with E-state index >= 15 is 0 Å². The summed E-state index contributed by atoms with van der Waals surface area (Å²) < 4.78 is 13.6. The lowest BCUT2D eigenvalue weighted by molar-refractivity contribution is 0.552. The van der Waals surface area contributed by atoms with Crippen LogP contribution >= 0.6 is 0 Å². The van der Waals surface area contributed by atoms with Gasteiger partial charge in [0.05, 0.1) is 6.20 Å². The molecule has 0 aromatic carbocycles. The molecule has 5 nitrogen and oxygen atoms in total. The molecule has 0 saturated heterocycles. The van der Waals surface area contributed by atoms with E-state index in [1.165, 1.54) is 25.7 Å². The Balaban J connectivity index is 1.77. The number of nitrogen functional groups attached to an aromatic ring is 1. The molecule has 0 atom stereocenters. The summed E-state index contributed by atoms with van der Waals surface area (Å²) in [6, 6.07) is 0.366. The Hall–Kier alpha value is -1.43. The van der Waals surface area contributed by atoms with Crippen molar-refractivity contribution in [2.45, 2.75) is 31.7 Å². The molecule has 0 radical (unpaired) electrons. The fourth-order valence-electron chi connectivity index (χ4n) is 2.23. The Kier molecular flexibility index (Phi) is 2.58. The number of nitrogens with zero attached hydrogens (tertiary/aromatic N) is 2. The van der Waals surface area contributed by atoms with Gasteiger partial charge in [0.25, 0.3) is 0 Å². The van der Waals surface area contributed by atoms with E-state index in [1.807, 2.05) is 0 Å². The maximum Gasteiger partial charge on any atom is 0.239 e. The van der Waals surface area contributed by atoms with E-state index in [0.29, 0.717) is 17.9 Å². The second-order valence-corrected chi connectivity index (χ2v) is 4.88. The predicted molar refractivity (Wildman–Crippen MR) is 62.7 cm³/mol. The minimum absolute atomic E-state index is 0.235. The Morgan fingerprint density at radius 1 is 1.29 bits per heavy atom. The van der Waals surface area contributed by atoms with Crippen LogP contribution in [-0.4, -0.2) is 16.0 Å². The van der Waals surface area contributed by atoms with Gasteiger partial charge >= 0.3 is 0 Å². The number of anilines is 2. The summed E-state index contributed by atoms with van der Waals surface area (Å²) in [5.41, 5.74) is 2.33. The molecule has 0 spiro atoms. The standard InChI is InChI=1S/C11H16FN5/c12-8-5-14-11(17-13)16-10(8)15-9(6-1-2-6)7-3-4-7/h5-7,9H,1-4,13H2,(H2,14,15,16,17). The molecule has 2 fully saturated rings. The van der Waals surface area contributed by atoms with E-state index in [9.17, 15) is 4.39 Å². The Morgan fingerprint density at radius 3 is 2.47 bits per heavy atom. The predicted octanol–water partition coefficient (Wildman–Crippen LogP) is 1.50. The molecule has 0 aliphatic heterocycles. The summed E-state index contributed by atoms with van der Waals surface area (Å²) in [6.07, 6.45) is 6.10. The molecule has 17 heavy (non-hydrogen) atoms. The zero-order valence-electron chi connectivity index (χ0n) is 9.49. The lowest BCUT2D eigenvalue weighted by Crippen LogP contribution is -2.26. The van der Waals surface area contributed by atoms with Gasteiger partial charge in [-0.05, 0) is 37.5 Å². The van der Waals surface area contributed by atoms with Crippen molar-refractivity contribution in [3.05, 3.63) is 12.0 Å². The van der Waals surface area contributed by atoms with Gasteiger partial charge in [0.1, 0.15) is 0 Å². The van der Waals surface area contributed by atoms with Crippen molar-refractivity contribution in [3.8, 4) is 0 Å². The van der Waals surface area contributed by atoms with Crippen LogP contribution in [-0.2, 0) is 0 Å². The lowest BCUT2D eigenvalue weighted by Gasteiger charge is -2.18. The number of hydrazine groups is 1. The number of hydrogen-bond donors (Lipinski definition) is 3. The molecule has 2 aliphatic carbocycles. The first-order chi connectivity index (χ1) is 8.28. The maximum atomic E-state index is 13.6. The van der Waals surface area contributed by atoms with Crippen molar-refractivity contribution < 1.29 is 4.39 Å². The third-order valence-electron chi connectivity index (χ3n) is 3.44. The largest absolute Gasteiger partial charge is 0.364 e. The second-order valence-electron chi connectivity index (χ2n) is 4.88. The zero-order chi connectivity index (χ0) is 11.8. The van der Waals surface area contributed by atoms with Crippen LogP contribution in [0.1, 0.15) is 25.7 Å². The first kappa shape index (κ1) is 10.7. The monoisotopic (exact) mass is 237 g/mol. The van der Waals surface area contributed by atoms with Gasteiger partial charge in [-0.3, -0.25) is 5.43 Å². The molecule has 6 heteroatoms. The van der Waals surface area contributed by atoms with Gasteiger partial charge in [-0.2, -0.15) is 4.98 Å². The van der Waals surface area contributed by atoms with Gasteiger partial charge < -0.3 is 5.32 Å². The van der Waals surface area contributed by atoms with Gasteiger partial charge in [0, 0.05) is 6.04 Å². The summed E-state index contributed by atoms with van der Waals surface area (Å²) in [7, 11) is 0. The van der Waals surface area contributed by atoms with Crippen LogP contribution < -0.4 is 16.6 Å². The fourth-order valence-corrected chi connectivity index (χ4v) is 2.23. The van der Waals surface area contributed by atoms with Crippen LogP contribution in [0.25, 0.3) is 0 Å². The molecular formula is C11H16FN5. The third kappa shape index (κ3) is 2.31. The molecule has 2 saturated carbocycles. The highest BCUT2D eigenvalue weighted by atomic mass is 19.1. The van der Waals surface area contributed by atoms with E-state index in [-0.39, 0.29) is 11.8 Å². The molecule has 0 amide bonds. The topological polar surface area (TPSA) is 75.9 Å². The summed E-state index contributed by atoms with van der Waals surface area (Å²) in [5.74, 6) is 6.67. The SMILES string of the molecule is NNc1ncc(F)c(NC(C2CC2)C2CC2)n1. The van der Waals surface area contributed by atoms with Crippen molar-refractivity contribution in [2.24, 2.45) is 17.7 Å². The summed E-state index contributed by atoms with van der Waals surface area (Å²) in [6.45, 7) is 0. The van der Waals surface area contributed by atoms with E-state index in [1.54, 1.807) is 0 Å². The molecule has 0 unspecified atom stereocenters.